The fraction of sp³-hybridized carbons (Fsp3) is 0.571. The molecule has 0 aliphatic carbocycles. The van der Waals surface area contributed by atoms with E-state index in [2.05, 4.69) is 0 Å². The van der Waals surface area contributed by atoms with Crippen molar-refractivity contribution in [3.8, 4) is 0 Å². The highest BCUT2D eigenvalue weighted by Crippen LogP contribution is 2.24. The highest BCUT2D eigenvalue weighted by atomic mass is 32.2. The number of aryl methyl sites for hydroxylation is 1. The molecule has 7 heteroatoms. The van der Waals surface area contributed by atoms with E-state index in [-0.39, 0.29) is 11.5 Å². The summed E-state index contributed by atoms with van der Waals surface area (Å²) >= 11 is 0. The summed E-state index contributed by atoms with van der Waals surface area (Å²) < 4.78 is 45.5. The molecule has 1 fully saturated rings. The molecule has 1 saturated heterocycles. The molecule has 1 aliphatic rings. The molecular formula is C14H20O6S. The Morgan fingerprint density at radius 3 is 2.33 bits per heavy atom. The third-order valence-corrected chi connectivity index (χ3v) is 4.76. The van der Waals surface area contributed by atoms with Gasteiger partial charge >= 0.3 is 0 Å². The normalized spacial score (nSPS) is 26.7. The van der Waals surface area contributed by atoms with E-state index in [0.717, 1.165) is 5.56 Å². The molecule has 1 aromatic rings. The molecular weight excluding hydrogens is 296 g/mol. The minimum atomic E-state index is -3.84. The zero-order valence-corrected chi connectivity index (χ0v) is 13.1. The van der Waals surface area contributed by atoms with Crippen molar-refractivity contribution >= 4 is 10.1 Å². The summed E-state index contributed by atoms with van der Waals surface area (Å²) in [6.45, 7) is 1.99. The molecule has 6 nitrogen and oxygen atoms in total. The summed E-state index contributed by atoms with van der Waals surface area (Å²) in [5.74, 6) is 0. The summed E-state index contributed by atoms with van der Waals surface area (Å²) in [4.78, 5) is 0.122. The van der Waals surface area contributed by atoms with Gasteiger partial charge in [-0.3, -0.25) is 4.18 Å². The van der Waals surface area contributed by atoms with E-state index < -0.39 is 28.6 Å². The van der Waals surface area contributed by atoms with E-state index in [4.69, 9.17) is 18.4 Å². The molecule has 1 heterocycles. The zero-order chi connectivity index (χ0) is 15.5. The molecule has 3 atom stereocenters. The Balaban J connectivity index is 2.10. The highest BCUT2D eigenvalue weighted by molar-refractivity contribution is 7.86. The van der Waals surface area contributed by atoms with Crippen molar-refractivity contribution in [2.24, 2.45) is 0 Å². The Bertz CT molecular complexity index is 553. The van der Waals surface area contributed by atoms with Gasteiger partial charge in [0.1, 0.15) is 6.10 Å². The molecule has 0 N–H and O–H groups in total. The van der Waals surface area contributed by atoms with Crippen molar-refractivity contribution in [1.29, 1.82) is 0 Å². The van der Waals surface area contributed by atoms with Crippen LogP contribution in [0.15, 0.2) is 29.2 Å². The average Bonchev–Trinajstić information content (AvgIpc) is 2.47. The number of methoxy groups -OCH3 is 2. The SMILES string of the molecule is CO[C@H]1C[C@H](OC)[C@H](OS(=O)(=O)c2ccc(C)cc2)CO1. The van der Waals surface area contributed by atoms with Crippen molar-refractivity contribution in [1.82, 2.24) is 0 Å². The Hall–Kier alpha value is -0.990. The van der Waals surface area contributed by atoms with Crippen molar-refractivity contribution in [3.05, 3.63) is 29.8 Å². The van der Waals surface area contributed by atoms with Gasteiger partial charge in [0.2, 0.25) is 0 Å². The third kappa shape index (κ3) is 4.02. The summed E-state index contributed by atoms with van der Waals surface area (Å²) in [7, 11) is -0.804. The van der Waals surface area contributed by atoms with E-state index in [1.165, 1.54) is 26.4 Å². The lowest BCUT2D eigenvalue weighted by Gasteiger charge is -2.33. The second kappa shape index (κ2) is 6.85. The van der Waals surface area contributed by atoms with Gasteiger partial charge in [-0.05, 0) is 19.1 Å². The summed E-state index contributed by atoms with van der Waals surface area (Å²) in [5.41, 5.74) is 0.979. The molecule has 0 saturated carbocycles. The van der Waals surface area contributed by atoms with Crippen molar-refractivity contribution in [3.63, 3.8) is 0 Å². The standard InChI is InChI=1S/C14H20O6S/c1-10-4-6-11(7-5-10)21(15,16)20-13-9-19-14(18-3)8-12(13)17-2/h4-7,12-14H,8-9H2,1-3H3/t12-,13+,14+/m0/s1. The van der Waals surface area contributed by atoms with Gasteiger partial charge in [0, 0.05) is 20.6 Å². The number of hydrogen-bond donors (Lipinski definition) is 0. The Morgan fingerprint density at radius 2 is 1.76 bits per heavy atom. The van der Waals surface area contributed by atoms with Crippen LogP contribution in [0.25, 0.3) is 0 Å². The molecule has 1 aromatic carbocycles. The van der Waals surface area contributed by atoms with Crippen LogP contribution in [0.2, 0.25) is 0 Å². The molecule has 0 unspecified atom stereocenters. The van der Waals surface area contributed by atoms with Crippen LogP contribution in [-0.4, -0.2) is 47.7 Å². The van der Waals surface area contributed by atoms with Crippen LogP contribution in [0.4, 0.5) is 0 Å². The maximum Gasteiger partial charge on any atom is 0.297 e. The van der Waals surface area contributed by atoms with Gasteiger partial charge in [0.15, 0.2) is 6.29 Å². The van der Waals surface area contributed by atoms with E-state index in [9.17, 15) is 8.42 Å². The van der Waals surface area contributed by atoms with Gasteiger partial charge in [0.25, 0.3) is 10.1 Å². The van der Waals surface area contributed by atoms with E-state index in [1.54, 1.807) is 12.1 Å². The quantitative estimate of drug-likeness (QED) is 0.766. The van der Waals surface area contributed by atoms with Gasteiger partial charge in [-0.2, -0.15) is 8.42 Å². The van der Waals surface area contributed by atoms with Crippen molar-refractivity contribution < 1.29 is 26.8 Å². The first-order chi connectivity index (χ1) is 9.96. The lowest BCUT2D eigenvalue weighted by atomic mass is 10.1. The summed E-state index contributed by atoms with van der Waals surface area (Å²) in [5, 5.41) is 0. The molecule has 1 aliphatic heterocycles. The van der Waals surface area contributed by atoms with Crippen LogP contribution in [0.5, 0.6) is 0 Å². The molecule has 0 spiro atoms. The predicted molar refractivity (Wildman–Crippen MR) is 75.4 cm³/mol. The maximum atomic E-state index is 12.3. The second-order valence-corrected chi connectivity index (χ2v) is 6.48. The molecule has 0 radical (unpaired) electrons. The summed E-state index contributed by atoms with van der Waals surface area (Å²) in [6, 6.07) is 6.49. The van der Waals surface area contributed by atoms with Crippen LogP contribution in [-0.2, 0) is 28.5 Å². The van der Waals surface area contributed by atoms with Gasteiger partial charge in [-0.15, -0.1) is 0 Å². The minimum absolute atomic E-state index is 0.0993. The molecule has 118 valence electrons. The number of hydrogen-bond acceptors (Lipinski definition) is 6. The number of rotatable bonds is 5. The van der Waals surface area contributed by atoms with Gasteiger partial charge in [-0.1, -0.05) is 17.7 Å². The van der Waals surface area contributed by atoms with Crippen LogP contribution in [0, 0.1) is 6.92 Å². The first-order valence-corrected chi connectivity index (χ1v) is 8.04. The molecule has 0 amide bonds. The number of benzene rings is 1. The van der Waals surface area contributed by atoms with Crippen molar-refractivity contribution in [2.75, 3.05) is 20.8 Å². The van der Waals surface area contributed by atoms with Gasteiger partial charge < -0.3 is 14.2 Å². The van der Waals surface area contributed by atoms with E-state index in [1.807, 2.05) is 6.92 Å². The van der Waals surface area contributed by atoms with E-state index in [0.29, 0.717) is 6.42 Å². The molecule has 0 aromatic heterocycles. The minimum Gasteiger partial charge on any atom is -0.378 e. The fourth-order valence-electron chi connectivity index (χ4n) is 2.14. The average molecular weight is 316 g/mol. The first kappa shape index (κ1) is 16.4. The lowest BCUT2D eigenvalue weighted by Crippen LogP contribution is -2.45. The van der Waals surface area contributed by atoms with Crippen molar-refractivity contribution in [2.45, 2.75) is 36.7 Å². The zero-order valence-electron chi connectivity index (χ0n) is 12.3. The molecule has 0 bridgehead atoms. The largest absolute Gasteiger partial charge is 0.378 e. The smallest absolute Gasteiger partial charge is 0.297 e. The Kier molecular flexibility index (Phi) is 5.34. The second-order valence-electron chi connectivity index (χ2n) is 4.91. The topological polar surface area (TPSA) is 71.1 Å². The monoisotopic (exact) mass is 316 g/mol. The van der Waals surface area contributed by atoms with Gasteiger partial charge in [-0.25, -0.2) is 0 Å². The van der Waals surface area contributed by atoms with Crippen LogP contribution in [0.1, 0.15) is 12.0 Å². The van der Waals surface area contributed by atoms with Gasteiger partial charge in [0.05, 0.1) is 17.6 Å². The van der Waals surface area contributed by atoms with Crippen LogP contribution in [0.3, 0.4) is 0 Å². The lowest BCUT2D eigenvalue weighted by molar-refractivity contribution is -0.205. The molecule has 21 heavy (non-hydrogen) atoms. The van der Waals surface area contributed by atoms with Crippen LogP contribution < -0.4 is 0 Å². The maximum absolute atomic E-state index is 12.3. The highest BCUT2D eigenvalue weighted by Gasteiger charge is 2.35. The fourth-order valence-corrected chi connectivity index (χ4v) is 3.23. The summed E-state index contributed by atoms with van der Waals surface area (Å²) in [6.07, 6.45) is -1.07. The molecule has 2 rings (SSSR count). The van der Waals surface area contributed by atoms with E-state index >= 15 is 0 Å². The Morgan fingerprint density at radius 1 is 1.10 bits per heavy atom. The number of ether oxygens (including phenoxy) is 3. The Labute approximate surface area is 125 Å². The third-order valence-electron chi connectivity index (χ3n) is 3.41. The first-order valence-electron chi connectivity index (χ1n) is 6.63. The van der Waals surface area contributed by atoms with Crippen LogP contribution >= 0.6 is 0 Å². The predicted octanol–water partition coefficient (Wildman–Crippen LogP) is 1.48.